The number of nitrogens with zero attached hydrogens (tertiary/aromatic N) is 2. The van der Waals surface area contributed by atoms with E-state index in [4.69, 9.17) is 0 Å². The number of hydrogen-bond acceptors (Lipinski definition) is 4. The number of para-hydroxylation sites is 1. The first-order chi connectivity index (χ1) is 16.5. The summed E-state index contributed by atoms with van der Waals surface area (Å²) in [5, 5.41) is 4.70. The minimum Gasteiger partial charge on any atom is -0.351 e. The van der Waals surface area contributed by atoms with E-state index in [1.807, 2.05) is 0 Å². The lowest BCUT2D eigenvalue weighted by Crippen LogP contribution is -2.50. The van der Waals surface area contributed by atoms with Crippen LogP contribution in [-0.4, -0.2) is 66.8 Å². The van der Waals surface area contributed by atoms with Gasteiger partial charge in [0.1, 0.15) is 11.6 Å². The third-order valence-electron chi connectivity index (χ3n) is 5.40. The number of anilines is 1. The Hall–Kier alpha value is -3.54. The number of carbonyl (C=O) groups is 3. The first-order valence-corrected chi connectivity index (χ1v) is 10.7. The van der Waals surface area contributed by atoms with E-state index in [-0.39, 0.29) is 36.7 Å². The number of carbonyl (C=O) groups excluding carboxylic acids is 3. The molecule has 0 atom stereocenters. The van der Waals surface area contributed by atoms with Crippen molar-refractivity contribution in [3.8, 4) is 0 Å². The van der Waals surface area contributed by atoms with Crippen LogP contribution in [0.5, 0.6) is 0 Å². The molecule has 2 aromatic carbocycles. The summed E-state index contributed by atoms with van der Waals surface area (Å²) < 4.78 is 65.8. The molecule has 7 nitrogen and oxygen atoms in total. The molecule has 188 valence electrons. The van der Waals surface area contributed by atoms with E-state index in [0.29, 0.717) is 32.2 Å². The van der Waals surface area contributed by atoms with Gasteiger partial charge in [0, 0.05) is 45.2 Å². The second-order valence-corrected chi connectivity index (χ2v) is 7.88. The number of alkyl halides is 3. The Labute approximate surface area is 197 Å². The van der Waals surface area contributed by atoms with Crippen LogP contribution in [-0.2, 0) is 15.8 Å². The van der Waals surface area contributed by atoms with E-state index in [1.54, 1.807) is 4.90 Å². The van der Waals surface area contributed by atoms with E-state index >= 15 is 0 Å². The molecule has 3 rings (SSSR count). The largest absolute Gasteiger partial charge is 0.418 e. The van der Waals surface area contributed by atoms with E-state index in [1.165, 1.54) is 23.1 Å². The van der Waals surface area contributed by atoms with E-state index in [2.05, 4.69) is 10.6 Å². The van der Waals surface area contributed by atoms with Gasteiger partial charge in [0.2, 0.25) is 11.8 Å². The molecule has 0 radical (unpaired) electrons. The molecule has 0 bridgehead atoms. The lowest BCUT2D eigenvalue weighted by Gasteiger charge is -2.34. The highest BCUT2D eigenvalue weighted by Crippen LogP contribution is 2.34. The van der Waals surface area contributed by atoms with Crippen LogP contribution in [0.15, 0.2) is 42.5 Å². The number of hydrogen-bond donors (Lipinski definition) is 2. The van der Waals surface area contributed by atoms with Crippen LogP contribution >= 0.6 is 0 Å². The summed E-state index contributed by atoms with van der Waals surface area (Å²) in [6.45, 7) is 1.10. The molecule has 0 aliphatic carbocycles. The third kappa shape index (κ3) is 7.22. The lowest BCUT2D eigenvalue weighted by atomic mass is 10.1. The normalized spacial score (nSPS) is 14.5. The first-order valence-electron chi connectivity index (χ1n) is 10.7. The Morgan fingerprint density at radius 3 is 2.29 bits per heavy atom. The Balaban J connectivity index is 1.40. The molecule has 35 heavy (non-hydrogen) atoms. The van der Waals surface area contributed by atoms with E-state index in [0.717, 1.165) is 18.2 Å². The minimum atomic E-state index is -4.59. The van der Waals surface area contributed by atoms with Crippen LogP contribution in [0, 0.1) is 11.6 Å². The van der Waals surface area contributed by atoms with Gasteiger partial charge in [0.25, 0.3) is 5.91 Å². The quantitative estimate of drug-likeness (QED) is 0.576. The smallest absolute Gasteiger partial charge is 0.351 e. The van der Waals surface area contributed by atoms with Crippen LogP contribution in [0.4, 0.5) is 27.6 Å². The van der Waals surface area contributed by atoms with Crippen molar-refractivity contribution in [2.45, 2.75) is 12.6 Å². The molecule has 1 fully saturated rings. The third-order valence-corrected chi connectivity index (χ3v) is 5.40. The molecule has 1 aliphatic rings. The summed E-state index contributed by atoms with van der Waals surface area (Å²) in [6, 6.07) is 7.26. The molecule has 0 saturated carbocycles. The van der Waals surface area contributed by atoms with Gasteiger partial charge in [0.05, 0.1) is 23.4 Å². The highest BCUT2D eigenvalue weighted by molar-refractivity contribution is 5.94. The summed E-state index contributed by atoms with van der Waals surface area (Å²) >= 11 is 0. The van der Waals surface area contributed by atoms with Crippen molar-refractivity contribution in [2.75, 3.05) is 44.6 Å². The topological polar surface area (TPSA) is 81.8 Å². The maximum absolute atomic E-state index is 13.6. The van der Waals surface area contributed by atoms with Crippen molar-refractivity contribution in [1.82, 2.24) is 15.1 Å². The Morgan fingerprint density at radius 2 is 1.63 bits per heavy atom. The zero-order valence-electron chi connectivity index (χ0n) is 18.5. The molecule has 3 amide bonds. The van der Waals surface area contributed by atoms with Gasteiger partial charge in [-0.15, -0.1) is 0 Å². The SMILES string of the molecule is O=C(CN1CCN(C(=O)CCNC(=O)c2ccc(F)cc2F)CC1)Nc1ccccc1C(F)(F)F. The van der Waals surface area contributed by atoms with Crippen molar-refractivity contribution >= 4 is 23.4 Å². The molecule has 12 heteroatoms. The zero-order chi connectivity index (χ0) is 25.6. The predicted molar refractivity (Wildman–Crippen MR) is 116 cm³/mol. The lowest BCUT2D eigenvalue weighted by molar-refractivity contribution is -0.137. The summed E-state index contributed by atoms with van der Waals surface area (Å²) in [5.41, 5.74) is -1.58. The molecule has 0 aromatic heterocycles. The molecule has 1 heterocycles. The van der Waals surface area contributed by atoms with Gasteiger partial charge in [-0.1, -0.05) is 12.1 Å². The standard InChI is InChI=1S/C23H23F5N4O3/c24-15-5-6-16(18(25)13-15)22(35)29-8-7-21(34)32-11-9-31(10-12-32)14-20(33)30-19-4-2-1-3-17(19)23(26,27)28/h1-6,13H,7-12,14H2,(H,29,35)(H,30,33). The Bertz CT molecular complexity index is 1090. The molecule has 2 N–H and O–H groups in total. The Kier molecular flexibility index (Phi) is 8.39. The first kappa shape index (κ1) is 26.1. The summed E-state index contributed by atoms with van der Waals surface area (Å²) in [7, 11) is 0. The average Bonchev–Trinajstić information content (AvgIpc) is 2.79. The number of nitrogens with one attached hydrogen (secondary N) is 2. The molecular weight excluding hydrogens is 475 g/mol. The van der Waals surface area contributed by atoms with Crippen LogP contribution in [0.1, 0.15) is 22.3 Å². The van der Waals surface area contributed by atoms with Gasteiger partial charge in [-0.25, -0.2) is 8.78 Å². The molecular formula is C23H23F5N4O3. The van der Waals surface area contributed by atoms with Crippen LogP contribution < -0.4 is 10.6 Å². The van der Waals surface area contributed by atoms with Crippen LogP contribution in [0.25, 0.3) is 0 Å². The fraction of sp³-hybridized carbons (Fsp3) is 0.348. The molecule has 1 saturated heterocycles. The van der Waals surface area contributed by atoms with Crippen LogP contribution in [0.3, 0.4) is 0 Å². The van der Waals surface area contributed by atoms with Crippen LogP contribution in [0.2, 0.25) is 0 Å². The highest BCUT2D eigenvalue weighted by Gasteiger charge is 2.33. The average molecular weight is 498 g/mol. The highest BCUT2D eigenvalue weighted by atomic mass is 19.4. The number of piperazine rings is 1. The van der Waals surface area contributed by atoms with Gasteiger partial charge >= 0.3 is 6.18 Å². The Morgan fingerprint density at radius 1 is 0.943 bits per heavy atom. The number of amides is 3. The van der Waals surface area contributed by atoms with Crippen molar-refractivity contribution in [2.24, 2.45) is 0 Å². The molecule has 0 spiro atoms. The van der Waals surface area contributed by atoms with Crippen molar-refractivity contribution < 1.29 is 36.3 Å². The molecule has 1 aliphatic heterocycles. The maximum atomic E-state index is 13.6. The number of halogens is 5. The fourth-order valence-corrected chi connectivity index (χ4v) is 3.60. The zero-order valence-corrected chi connectivity index (χ0v) is 18.5. The van der Waals surface area contributed by atoms with Gasteiger partial charge < -0.3 is 15.5 Å². The maximum Gasteiger partial charge on any atom is 0.418 e. The second-order valence-electron chi connectivity index (χ2n) is 7.88. The van der Waals surface area contributed by atoms with Gasteiger partial charge in [-0.3, -0.25) is 19.3 Å². The minimum absolute atomic E-state index is 0.0384. The van der Waals surface area contributed by atoms with Crippen molar-refractivity contribution in [3.63, 3.8) is 0 Å². The number of benzene rings is 2. The van der Waals surface area contributed by atoms with Crippen molar-refractivity contribution in [1.29, 1.82) is 0 Å². The van der Waals surface area contributed by atoms with Gasteiger partial charge in [0.15, 0.2) is 0 Å². The summed E-state index contributed by atoms with van der Waals surface area (Å²) in [5.74, 6) is -3.43. The number of rotatable bonds is 7. The summed E-state index contributed by atoms with van der Waals surface area (Å²) in [4.78, 5) is 39.9. The fourth-order valence-electron chi connectivity index (χ4n) is 3.60. The molecule has 2 aromatic rings. The predicted octanol–water partition coefficient (Wildman–Crippen LogP) is 2.89. The second kappa shape index (κ2) is 11.3. The van der Waals surface area contributed by atoms with Gasteiger partial charge in [-0.05, 0) is 24.3 Å². The van der Waals surface area contributed by atoms with E-state index < -0.39 is 35.2 Å². The van der Waals surface area contributed by atoms with E-state index in [9.17, 15) is 36.3 Å². The molecule has 0 unspecified atom stereocenters. The van der Waals surface area contributed by atoms with Gasteiger partial charge in [-0.2, -0.15) is 13.2 Å². The monoisotopic (exact) mass is 498 g/mol. The summed E-state index contributed by atoms with van der Waals surface area (Å²) in [6.07, 6.45) is -4.63. The van der Waals surface area contributed by atoms with Crippen molar-refractivity contribution in [3.05, 3.63) is 65.2 Å².